The van der Waals surface area contributed by atoms with Gasteiger partial charge in [0.1, 0.15) is 5.72 Å². The largest absolute Gasteiger partial charge is 0.361 e. The van der Waals surface area contributed by atoms with Gasteiger partial charge >= 0.3 is 0 Å². The zero-order valence-corrected chi connectivity index (χ0v) is 14.2. The van der Waals surface area contributed by atoms with Crippen LogP contribution in [0.15, 0.2) is 0 Å². The van der Waals surface area contributed by atoms with Crippen LogP contribution in [0.25, 0.3) is 0 Å². The van der Waals surface area contributed by atoms with Crippen LogP contribution >= 0.6 is 0 Å². The van der Waals surface area contributed by atoms with Crippen molar-refractivity contribution in [3.63, 3.8) is 0 Å². The van der Waals surface area contributed by atoms with Gasteiger partial charge in [-0.3, -0.25) is 9.59 Å². The lowest BCUT2D eigenvalue weighted by atomic mass is 10.0. The van der Waals surface area contributed by atoms with Crippen molar-refractivity contribution in [1.82, 2.24) is 10.6 Å². The first-order chi connectivity index (χ1) is 9.45. The molecule has 2 amide bonds. The number of hydrogen-bond acceptors (Lipinski definition) is 4. The molecule has 0 fully saturated rings. The van der Waals surface area contributed by atoms with Gasteiger partial charge in [-0.05, 0) is 27.2 Å². The summed E-state index contributed by atoms with van der Waals surface area (Å²) in [5.41, 5.74) is 4.93. The Labute approximate surface area is 128 Å². The van der Waals surface area contributed by atoms with Gasteiger partial charge in [-0.25, -0.2) is 0 Å². The maximum atomic E-state index is 11.4. The molecule has 0 aliphatic carbocycles. The van der Waals surface area contributed by atoms with Gasteiger partial charge in [0.25, 0.3) is 0 Å². The van der Waals surface area contributed by atoms with Gasteiger partial charge < -0.3 is 21.1 Å². The summed E-state index contributed by atoms with van der Waals surface area (Å²) in [6.45, 7) is 11.8. The lowest BCUT2D eigenvalue weighted by molar-refractivity contribution is -0.124. The second-order valence-corrected chi connectivity index (χ2v) is 6.67. The molecule has 0 spiro atoms. The molecule has 6 heteroatoms. The van der Waals surface area contributed by atoms with E-state index in [-0.39, 0.29) is 23.3 Å². The highest BCUT2D eigenvalue weighted by molar-refractivity contribution is 5.77. The molecule has 0 aliphatic rings. The van der Waals surface area contributed by atoms with E-state index in [0.717, 1.165) is 0 Å². The Bertz CT molecular complexity index is 352. The number of nitrogens with one attached hydrogen (secondary N) is 2. The highest BCUT2D eigenvalue weighted by atomic mass is 16.5. The molecule has 0 saturated heterocycles. The van der Waals surface area contributed by atoms with Crippen LogP contribution in [0.5, 0.6) is 0 Å². The van der Waals surface area contributed by atoms with Gasteiger partial charge in [0.2, 0.25) is 11.8 Å². The lowest BCUT2D eigenvalue weighted by Crippen LogP contribution is -2.46. The average Bonchev–Trinajstić information content (AvgIpc) is 2.25. The average molecular weight is 301 g/mol. The van der Waals surface area contributed by atoms with Crippen LogP contribution in [0.4, 0.5) is 0 Å². The van der Waals surface area contributed by atoms with Crippen LogP contribution in [-0.2, 0) is 14.3 Å². The van der Waals surface area contributed by atoms with Crippen molar-refractivity contribution in [1.29, 1.82) is 0 Å². The summed E-state index contributed by atoms with van der Waals surface area (Å²) >= 11 is 0. The van der Waals surface area contributed by atoms with Crippen molar-refractivity contribution < 1.29 is 14.3 Å². The minimum absolute atomic E-state index is 0.0117. The van der Waals surface area contributed by atoms with E-state index < -0.39 is 5.72 Å². The van der Waals surface area contributed by atoms with Crippen LogP contribution < -0.4 is 16.4 Å². The number of rotatable bonds is 9. The molecular weight excluding hydrogens is 270 g/mol. The van der Waals surface area contributed by atoms with Crippen molar-refractivity contribution in [2.75, 3.05) is 13.2 Å². The standard InChI is InChI=1S/C15H31N3O3/c1-11(2)13(20)17-9-7-15(6,16)21-10-8-14(4,5)18-12(3)19/h11H,7-10,16H2,1-6H3,(H,17,20)(H,18,19). The molecule has 0 heterocycles. The molecule has 0 rings (SSSR count). The molecule has 0 radical (unpaired) electrons. The van der Waals surface area contributed by atoms with Crippen molar-refractivity contribution in [2.45, 2.75) is 65.6 Å². The first-order valence-electron chi connectivity index (χ1n) is 7.44. The molecule has 1 atom stereocenters. The van der Waals surface area contributed by atoms with Crippen molar-refractivity contribution >= 4 is 11.8 Å². The molecule has 0 aromatic carbocycles. The fourth-order valence-electron chi connectivity index (χ4n) is 1.79. The van der Waals surface area contributed by atoms with E-state index in [0.29, 0.717) is 26.0 Å². The molecule has 124 valence electrons. The second-order valence-electron chi connectivity index (χ2n) is 6.67. The maximum absolute atomic E-state index is 11.4. The molecule has 0 aliphatic heterocycles. The van der Waals surface area contributed by atoms with Crippen molar-refractivity contribution in [2.24, 2.45) is 11.7 Å². The minimum atomic E-state index is -0.795. The van der Waals surface area contributed by atoms with E-state index in [2.05, 4.69) is 10.6 Å². The monoisotopic (exact) mass is 301 g/mol. The molecule has 21 heavy (non-hydrogen) atoms. The van der Waals surface area contributed by atoms with Crippen LogP contribution in [0, 0.1) is 5.92 Å². The topological polar surface area (TPSA) is 93.4 Å². The molecule has 1 unspecified atom stereocenters. The fraction of sp³-hybridized carbons (Fsp3) is 0.867. The third-order valence-electron chi connectivity index (χ3n) is 3.12. The van der Waals surface area contributed by atoms with Gasteiger partial charge in [-0.2, -0.15) is 0 Å². The van der Waals surface area contributed by atoms with Crippen molar-refractivity contribution in [3.05, 3.63) is 0 Å². The summed E-state index contributed by atoms with van der Waals surface area (Å²) in [5, 5.41) is 5.67. The molecule has 4 N–H and O–H groups in total. The summed E-state index contributed by atoms with van der Waals surface area (Å²) in [7, 11) is 0. The van der Waals surface area contributed by atoms with Gasteiger partial charge in [-0.1, -0.05) is 13.8 Å². The Morgan fingerprint density at radius 1 is 1.19 bits per heavy atom. The Morgan fingerprint density at radius 3 is 2.24 bits per heavy atom. The summed E-state index contributed by atoms with van der Waals surface area (Å²) in [6, 6.07) is 0. The van der Waals surface area contributed by atoms with E-state index in [1.807, 2.05) is 27.7 Å². The summed E-state index contributed by atoms with van der Waals surface area (Å²) in [5.74, 6) is -0.0853. The van der Waals surface area contributed by atoms with Crippen LogP contribution in [0.1, 0.15) is 54.4 Å². The summed E-state index contributed by atoms with van der Waals surface area (Å²) in [6.07, 6.45) is 1.20. The second kappa shape index (κ2) is 8.34. The van der Waals surface area contributed by atoms with Gasteiger partial charge in [0.15, 0.2) is 0 Å². The first-order valence-corrected chi connectivity index (χ1v) is 7.44. The summed E-state index contributed by atoms with van der Waals surface area (Å²) < 4.78 is 5.66. The van der Waals surface area contributed by atoms with Crippen LogP contribution in [0.3, 0.4) is 0 Å². The Kier molecular flexibility index (Phi) is 7.89. The lowest BCUT2D eigenvalue weighted by Gasteiger charge is -2.30. The van der Waals surface area contributed by atoms with E-state index in [1.54, 1.807) is 6.92 Å². The van der Waals surface area contributed by atoms with E-state index >= 15 is 0 Å². The van der Waals surface area contributed by atoms with Crippen LogP contribution in [-0.4, -0.2) is 36.2 Å². The van der Waals surface area contributed by atoms with Gasteiger partial charge in [-0.15, -0.1) is 0 Å². The third kappa shape index (κ3) is 10.3. The maximum Gasteiger partial charge on any atom is 0.222 e. The Morgan fingerprint density at radius 2 is 1.76 bits per heavy atom. The van der Waals surface area contributed by atoms with Gasteiger partial charge in [0.05, 0.1) is 6.61 Å². The number of carbonyl (C=O) groups is 2. The normalized spacial score (nSPS) is 14.7. The molecule has 0 aromatic heterocycles. The SMILES string of the molecule is CC(=O)NC(C)(C)CCOC(C)(N)CCNC(=O)C(C)C. The Hall–Kier alpha value is -1.14. The molecule has 0 bridgehead atoms. The molecule has 6 nitrogen and oxygen atoms in total. The Balaban J connectivity index is 4.02. The predicted molar refractivity (Wildman–Crippen MR) is 83.5 cm³/mol. The van der Waals surface area contributed by atoms with Crippen LogP contribution in [0.2, 0.25) is 0 Å². The summed E-state index contributed by atoms with van der Waals surface area (Å²) in [4.78, 5) is 22.5. The fourth-order valence-corrected chi connectivity index (χ4v) is 1.79. The number of carbonyl (C=O) groups excluding carboxylic acids is 2. The molecule has 0 aromatic rings. The van der Waals surface area contributed by atoms with Crippen molar-refractivity contribution in [3.8, 4) is 0 Å². The van der Waals surface area contributed by atoms with E-state index in [1.165, 1.54) is 6.92 Å². The minimum Gasteiger partial charge on any atom is -0.361 e. The van der Waals surface area contributed by atoms with E-state index in [9.17, 15) is 9.59 Å². The number of nitrogens with two attached hydrogens (primary N) is 1. The predicted octanol–water partition coefficient (Wildman–Crippen LogP) is 1.15. The molecular formula is C15H31N3O3. The van der Waals surface area contributed by atoms with E-state index in [4.69, 9.17) is 10.5 Å². The number of ether oxygens (including phenoxy) is 1. The highest BCUT2D eigenvalue weighted by Gasteiger charge is 2.23. The smallest absolute Gasteiger partial charge is 0.222 e. The van der Waals surface area contributed by atoms with Gasteiger partial charge in [0, 0.05) is 31.3 Å². The number of amides is 2. The third-order valence-corrected chi connectivity index (χ3v) is 3.12. The quantitative estimate of drug-likeness (QED) is 0.557. The zero-order chi connectivity index (χ0) is 16.7. The zero-order valence-electron chi connectivity index (χ0n) is 14.2. The molecule has 0 saturated carbocycles. The highest BCUT2D eigenvalue weighted by Crippen LogP contribution is 2.13. The number of hydrogen-bond donors (Lipinski definition) is 3. The first kappa shape index (κ1) is 19.9.